The summed E-state index contributed by atoms with van der Waals surface area (Å²) in [7, 11) is 0. The van der Waals surface area contributed by atoms with E-state index in [1.165, 1.54) is 0 Å². The molecule has 0 unspecified atom stereocenters. The predicted octanol–water partition coefficient (Wildman–Crippen LogP) is -2.37. The normalized spacial score (nSPS) is 0. The van der Waals surface area contributed by atoms with Crippen LogP contribution in [0, 0.1) is 0 Å². The van der Waals surface area contributed by atoms with E-state index >= 15 is 0 Å². The van der Waals surface area contributed by atoms with Crippen LogP contribution in [0.3, 0.4) is 0 Å². The van der Waals surface area contributed by atoms with Crippen molar-refractivity contribution in [2.75, 3.05) is 0 Å². The standard InChI is InChI=1S/Ca.Ni.H4Si.Zr.2H/h;;1H4;;;. The van der Waals surface area contributed by atoms with Gasteiger partial charge in [0.1, 0.15) is 0 Å². The maximum atomic E-state index is 0. The van der Waals surface area contributed by atoms with E-state index in [1.54, 1.807) is 0 Å². The molecule has 0 rings (SSSR count). The zero-order valence-electron chi connectivity index (χ0n) is 0.816. The smallest absolute Gasteiger partial charge is 0 e. The molecule has 4 heteroatoms. The summed E-state index contributed by atoms with van der Waals surface area (Å²) in [5, 5.41) is 0. The van der Waals surface area contributed by atoms with E-state index in [-0.39, 0.29) is 91.4 Å². The van der Waals surface area contributed by atoms with Crippen LogP contribution in [0.15, 0.2) is 0 Å². The Morgan fingerprint density at radius 2 is 1.00 bits per heavy atom. The predicted molar refractivity (Wildman–Crippen MR) is 19.9 cm³/mol. The zero-order chi connectivity index (χ0) is 0. The summed E-state index contributed by atoms with van der Waals surface area (Å²) in [5.74, 6) is 0. The fourth-order valence-electron chi connectivity index (χ4n) is 0. The van der Waals surface area contributed by atoms with Crippen LogP contribution in [0.5, 0.6) is 0 Å². The molecule has 0 amide bonds. The molecule has 0 saturated heterocycles. The first-order chi connectivity index (χ1) is 0. The Bertz CT molecular complexity index is 8.00. The average molecular weight is 224 g/mol. The molecule has 0 bridgehead atoms. The monoisotopic (exact) mass is 222 g/mol. The molecule has 4 heavy (non-hydrogen) atoms. The van der Waals surface area contributed by atoms with E-state index < -0.39 is 0 Å². The van der Waals surface area contributed by atoms with Crippen molar-refractivity contribution in [1.29, 1.82) is 0 Å². The topological polar surface area (TPSA) is 0 Å². The molecule has 0 fully saturated rings. The molecule has 0 nitrogen and oxygen atoms in total. The van der Waals surface area contributed by atoms with Crippen molar-refractivity contribution < 1.29 is 42.7 Å². The summed E-state index contributed by atoms with van der Waals surface area (Å²) in [6.45, 7) is 0. The number of hydrogen-bond donors (Lipinski definition) is 0. The second kappa shape index (κ2) is 16.9. The molecule has 0 aromatic carbocycles. The summed E-state index contributed by atoms with van der Waals surface area (Å²) in [6, 6.07) is 0. The molecular weight excluding hydrogens is 218 g/mol. The summed E-state index contributed by atoms with van der Waals surface area (Å²) >= 11 is 0. The van der Waals surface area contributed by atoms with Gasteiger partial charge in [-0.1, -0.05) is 0 Å². The Morgan fingerprint density at radius 1 is 1.00 bits per heavy atom. The average Bonchev–Trinajstić information content (AvgIpc) is 0. The summed E-state index contributed by atoms with van der Waals surface area (Å²) < 4.78 is 0. The fraction of sp³-hybridized carbons (Fsp3) is 0. The molecule has 0 saturated carbocycles. The molecule has 26 valence electrons. The van der Waals surface area contributed by atoms with Gasteiger partial charge in [-0.2, -0.15) is 0 Å². The van der Waals surface area contributed by atoms with E-state index in [2.05, 4.69) is 0 Å². The third-order valence-electron chi connectivity index (χ3n) is 0. The van der Waals surface area contributed by atoms with E-state index in [4.69, 9.17) is 0 Å². The van der Waals surface area contributed by atoms with Gasteiger partial charge in [-0.3, -0.25) is 0 Å². The molecule has 0 aromatic rings. The largest absolute Gasteiger partial charge is 0.0149 e. The van der Waals surface area contributed by atoms with Crippen molar-refractivity contribution in [1.82, 2.24) is 0 Å². The third-order valence-corrected chi connectivity index (χ3v) is 0. The second-order valence-corrected chi connectivity index (χ2v) is 0. The first-order valence-corrected chi connectivity index (χ1v) is 0. The van der Waals surface area contributed by atoms with Crippen LogP contribution in [0.25, 0.3) is 0 Å². The van der Waals surface area contributed by atoms with Crippen molar-refractivity contribution in [2.45, 2.75) is 0 Å². The molecule has 0 spiro atoms. The quantitative estimate of drug-likeness (QED) is 0.403. The molecule has 0 radical (unpaired) electrons. The minimum Gasteiger partial charge on any atom is -0.0149 e. The number of rotatable bonds is 0. The van der Waals surface area contributed by atoms with Gasteiger partial charge in [0, 0.05) is 42.7 Å². The molecule has 0 N–H and O–H groups in total. The fourth-order valence-corrected chi connectivity index (χ4v) is 0. The molecule has 0 aliphatic rings. The first-order valence-electron chi connectivity index (χ1n) is 0. The first kappa shape index (κ1) is 28.8. The molecule has 0 aromatic heterocycles. The van der Waals surface area contributed by atoms with Gasteiger partial charge in [0.2, 0.25) is 0 Å². The van der Waals surface area contributed by atoms with Gasteiger partial charge in [-0.15, -0.1) is 0 Å². The van der Waals surface area contributed by atoms with E-state index in [0.29, 0.717) is 0 Å². The Morgan fingerprint density at radius 3 is 1.00 bits per heavy atom. The van der Waals surface area contributed by atoms with Crippen molar-refractivity contribution in [2.24, 2.45) is 0 Å². The second-order valence-electron chi connectivity index (χ2n) is 0. The third kappa shape index (κ3) is 8.85. The summed E-state index contributed by atoms with van der Waals surface area (Å²) in [4.78, 5) is 0. The van der Waals surface area contributed by atoms with E-state index in [1.807, 2.05) is 0 Å². The van der Waals surface area contributed by atoms with Crippen LogP contribution >= 0.6 is 0 Å². The van der Waals surface area contributed by atoms with Gasteiger partial charge in [0.15, 0.2) is 0 Å². The maximum Gasteiger partial charge on any atom is 0 e. The van der Waals surface area contributed by atoms with Crippen LogP contribution in [0.4, 0.5) is 0 Å². The van der Waals surface area contributed by atoms with Crippen LogP contribution in [-0.2, 0) is 42.7 Å². The van der Waals surface area contributed by atoms with Gasteiger partial charge in [0.05, 0.1) is 0 Å². The minimum absolute atomic E-state index is 0. The van der Waals surface area contributed by atoms with Crippen LogP contribution < -0.4 is 0 Å². The van der Waals surface area contributed by atoms with E-state index in [0.717, 1.165) is 0 Å². The van der Waals surface area contributed by atoms with Crippen molar-refractivity contribution in [3.63, 3.8) is 0 Å². The molecule has 0 heterocycles. The summed E-state index contributed by atoms with van der Waals surface area (Å²) in [6.07, 6.45) is 0. The Kier molecular flexibility index (Phi) is 122. The van der Waals surface area contributed by atoms with Crippen molar-refractivity contribution >= 4 is 48.7 Å². The van der Waals surface area contributed by atoms with Gasteiger partial charge >= 0.3 is 37.7 Å². The molecular formula is H6CaNiSiZr. The Labute approximate surface area is 89.6 Å². The molecule has 0 atom stereocenters. The van der Waals surface area contributed by atoms with Gasteiger partial charge in [-0.25, -0.2) is 0 Å². The van der Waals surface area contributed by atoms with E-state index in [9.17, 15) is 0 Å². The van der Waals surface area contributed by atoms with Crippen LogP contribution in [0.1, 0.15) is 0 Å². The van der Waals surface area contributed by atoms with Gasteiger partial charge < -0.3 is 0 Å². The SMILES string of the molecule is [CaH2].[Ni].[SiH4].[Zr]. The Balaban J connectivity index is 0. The van der Waals surface area contributed by atoms with Crippen molar-refractivity contribution in [3.05, 3.63) is 0 Å². The molecule has 0 aliphatic carbocycles. The Hall–Kier alpha value is 2.85. The van der Waals surface area contributed by atoms with Gasteiger partial charge in [-0.05, 0) is 11.0 Å². The minimum atomic E-state index is 0. The van der Waals surface area contributed by atoms with Crippen LogP contribution in [-0.4, -0.2) is 48.7 Å². The number of hydrogen-bond acceptors (Lipinski definition) is 0. The van der Waals surface area contributed by atoms with Crippen LogP contribution in [0.2, 0.25) is 0 Å². The van der Waals surface area contributed by atoms with Gasteiger partial charge in [0.25, 0.3) is 0 Å². The maximum absolute atomic E-state index is 0. The molecule has 0 aliphatic heterocycles. The zero-order valence-corrected chi connectivity index (χ0v) is 4.26. The summed E-state index contributed by atoms with van der Waals surface area (Å²) in [5.41, 5.74) is 0. The van der Waals surface area contributed by atoms with Crippen molar-refractivity contribution in [3.8, 4) is 0 Å².